The molecular formula is C60H112NO8P. The average molecular weight is 1010 g/mol. The number of nitrogens with zero attached hydrogens (tertiary/aromatic N) is 1. The molecular weight excluding hydrogens is 894 g/mol. The molecule has 0 N–H and O–H groups in total. The number of carbonyl (C=O) groups excluding carboxylic acids is 2. The van der Waals surface area contributed by atoms with Crippen molar-refractivity contribution in [2.75, 3.05) is 47.5 Å². The largest absolute Gasteiger partial charge is 0.756 e. The molecule has 0 heterocycles. The van der Waals surface area contributed by atoms with Gasteiger partial charge in [0.2, 0.25) is 0 Å². The summed E-state index contributed by atoms with van der Waals surface area (Å²) < 4.78 is 34.1. The lowest BCUT2D eigenvalue weighted by Gasteiger charge is -2.28. The van der Waals surface area contributed by atoms with Crippen molar-refractivity contribution in [3.8, 4) is 0 Å². The average Bonchev–Trinajstić information content (AvgIpc) is 3.32. The highest BCUT2D eigenvalue weighted by Gasteiger charge is 2.21. The summed E-state index contributed by atoms with van der Waals surface area (Å²) in [5, 5.41) is 0. The van der Waals surface area contributed by atoms with Gasteiger partial charge in [-0.05, 0) is 51.4 Å². The summed E-state index contributed by atoms with van der Waals surface area (Å²) in [5.74, 6) is -0.890. The fourth-order valence-electron chi connectivity index (χ4n) is 8.30. The van der Waals surface area contributed by atoms with Crippen molar-refractivity contribution in [3.05, 3.63) is 48.6 Å². The van der Waals surface area contributed by atoms with Gasteiger partial charge in [0, 0.05) is 12.8 Å². The van der Waals surface area contributed by atoms with E-state index in [9.17, 15) is 19.0 Å². The molecule has 0 bridgehead atoms. The molecule has 1 unspecified atom stereocenters. The van der Waals surface area contributed by atoms with E-state index in [0.29, 0.717) is 23.9 Å². The number of hydrogen-bond donors (Lipinski definition) is 0. The molecule has 70 heavy (non-hydrogen) atoms. The standard InChI is InChI=1S/C60H112NO8P/c1-6-8-10-12-14-16-18-20-22-24-25-26-27-28-29-30-31-32-33-34-35-37-39-41-43-45-47-49-51-53-60(63)69-58(57-68-70(64,65)67-55-54-61(3,4)5)56-66-59(62)52-50-48-46-44-42-40-38-36-23-21-19-17-15-13-11-9-7-2/h15,17,21,23,38,40,44,46,58H,6-14,16,18-20,22,24-37,39,41-43,45,47-57H2,1-5H3/b17-15-,23-21-,40-38-,46-44-/t58-/m1/s1. The van der Waals surface area contributed by atoms with E-state index in [0.717, 1.165) is 44.9 Å². The quantitative estimate of drug-likeness (QED) is 0.0195. The van der Waals surface area contributed by atoms with E-state index in [1.54, 1.807) is 0 Å². The Morgan fingerprint density at radius 1 is 0.443 bits per heavy atom. The number of ether oxygens (including phenoxy) is 2. The Morgan fingerprint density at radius 2 is 0.786 bits per heavy atom. The Labute approximate surface area is 433 Å². The molecule has 0 aromatic carbocycles. The van der Waals surface area contributed by atoms with Gasteiger partial charge in [-0.15, -0.1) is 0 Å². The second-order valence-corrected chi connectivity index (χ2v) is 22.4. The van der Waals surface area contributed by atoms with E-state index < -0.39 is 32.5 Å². The number of phosphoric acid groups is 1. The van der Waals surface area contributed by atoms with Gasteiger partial charge in [-0.3, -0.25) is 14.2 Å². The fourth-order valence-corrected chi connectivity index (χ4v) is 9.03. The summed E-state index contributed by atoms with van der Waals surface area (Å²) in [4.78, 5) is 37.8. The lowest BCUT2D eigenvalue weighted by Crippen LogP contribution is -2.37. The van der Waals surface area contributed by atoms with Gasteiger partial charge in [0.1, 0.15) is 19.8 Å². The number of esters is 2. The van der Waals surface area contributed by atoms with Gasteiger partial charge in [-0.1, -0.05) is 255 Å². The normalized spacial score (nSPS) is 13.6. The predicted molar refractivity (Wildman–Crippen MR) is 296 cm³/mol. The summed E-state index contributed by atoms with van der Waals surface area (Å²) in [6.07, 6.45) is 64.7. The molecule has 0 saturated heterocycles. The van der Waals surface area contributed by atoms with Gasteiger partial charge in [-0.2, -0.15) is 0 Å². The molecule has 0 fully saturated rings. The van der Waals surface area contributed by atoms with Gasteiger partial charge in [0.25, 0.3) is 7.82 Å². The second kappa shape index (κ2) is 51.9. The van der Waals surface area contributed by atoms with Crippen molar-refractivity contribution >= 4 is 19.8 Å². The summed E-state index contributed by atoms with van der Waals surface area (Å²) >= 11 is 0. The van der Waals surface area contributed by atoms with Crippen molar-refractivity contribution in [1.82, 2.24) is 0 Å². The first-order chi connectivity index (χ1) is 34.0. The van der Waals surface area contributed by atoms with Crippen LogP contribution in [0, 0.1) is 0 Å². The highest BCUT2D eigenvalue weighted by molar-refractivity contribution is 7.45. The molecule has 0 aliphatic rings. The van der Waals surface area contributed by atoms with E-state index in [1.165, 1.54) is 186 Å². The fraction of sp³-hybridized carbons (Fsp3) is 0.833. The summed E-state index contributed by atoms with van der Waals surface area (Å²) in [7, 11) is 1.14. The van der Waals surface area contributed by atoms with Crippen LogP contribution in [0.25, 0.3) is 0 Å². The smallest absolute Gasteiger partial charge is 0.306 e. The lowest BCUT2D eigenvalue weighted by molar-refractivity contribution is -0.870. The van der Waals surface area contributed by atoms with Gasteiger partial charge in [0.05, 0.1) is 27.7 Å². The number of quaternary nitrogens is 1. The van der Waals surface area contributed by atoms with Gasteiger partial charge >= 0.3 is 11.9 Å². The second-order valence-electron chi connectivity index (χ2n) is 21.0. The number of allylic oxidation sites excluding steroid dienone is 8. The van der Waals surface area contributed by atoms with Crippen LogP contribution in [0.2, 0.25) is 0 Å². The Bertz CT molecular complexity index is 1320. The van der Waals surface area contributed by atoms with Crippen LogP contribution in [0.15, 0.2) is 48.6 Å². The van der Waals surface area contributed by atoms with Crippen molar-refractivity contribution < 1.29 is 42.1 Å². The lowest BCUT2D eigenvalue weighted by atomic mass is 10.0. The Hall–Kier alpha value is -2.03. The van der Waals surface area contributed by atoms with E-state index in [2.05, 4.69) is 62.5 Å². The Kier molecular flexibility index (Phi) is 50.4. The monoisotopic (exact) mass is 1010 g/mol. The SMILES string of the molecule is CCCCC/C=C\C/C=C\C/C=C\C/C=C\CCCC(=O)OC[C@H](COP(=O)([O-])OCC[N+](C)(C)C)OC(=O)CCCCCCCCCCCCCCCCCCCCCCCCCCCCCCC. The number of phosphoric ester groups is 1. The third-order valence-corrected chi connectivity index (χ3v) is 13.8. The van der Waals surface area contributed by atoms with Crippen LogP contribution in [0.5, 0.6) is 0 Å². The number of hydrogen-bond acceptors (Lipinski definition) is 8. The molecule has 410 valence electrons. The Balaban J connectivity index is 4.12. The van der Waals surface area contributed by atoms with Gasteiger partial charge in [0.15, 0.2) is 6.10 Å². The molecule has 0 aromatic rings. The molecule has 0 amide bonds. The zero-order valence-corrected chi connectivity index (χ0v) is 47.4. The van der Waals surface area contributed by atoms with E-state index in [4.69, 9.17) is 18.5 Å². The molecule has 9 nitrogen and oxygen atoms in total. The number of likely N-dealkylation sites (N-methyl/N-ethyl adjacent to an activating group) is 1. The number of unbranched alkanes of at least 4 members (excludes halogenated alkanes) is 32. The maximum absolute atomic E-state index is 12.8. The molecule has 0 aromatic heterocycles. The van der Waals surface area contributed by atoms with Gasteiger partial charge in [-0.25, -0.2) is 0 Å². The first-order valence-corrected chi connectivity index (χ1v) is 30.8. The van der Waals surface area contributed by atoms with Crippen molar-refractivity contribution in [3.63, 3.8) is 0 Å². The van der Waals surface area contributed by atoms with Crippen LogP contribution < -0.4 is 4.89 Å². The van der Waals surface area contributed by atoms with Crippen LogP contribution in [-0.4, -0.2) is 70.0 Å². The molecule has 10 heteroatoms. The molecule has 0 spiro atoms. The zero-order chi connectivity index (χ0) is 51.3. The summed E-state index contributed by atoms with van der Waals surface area (Å²) in [6.45, 7) is 4.18. The van der Waals surface area contributed by atoms with Crippen LogP contribution >= 0.6 is 7.82 Å². The first kappa shape index (κ1) is 68.0. The van der Waals surface area contributed by atoms with E-state index in [1.807, 2.05) is 21.1 Å². The van der Waals surface area contributed by atoms with Crippen molar-refractivity contribution in [1.29, 1.82) is 0 Å². The number of rotatable bonds is 54. The van der Waals surface area contributed by atoms with Crippen molar-refractivity contribution in [2.24, 2.45) is 0 Å². The zero-order valence-electron chi connectivity index (χ0n) is 46.5. The molecule has 0 saturated carbocycles. The van der Waals surface area contributed by atoms with Crippen LogP contribution in [0.3, 0.4) is 0 Å². The maximum Gasteiger partial charge on any atom is 0.306 e. The molecule has 0 rings (SSSR count). The molecule has 0 aliphatic heterocycles. The maximum atomic E-state index is 12.8. The Morgan fingerprint density at radius 3 is 1.19 bits per heavy atom. The highest BCUT2D eigenvalue weighted by atomic mass is 31.2. The third kappa shape index (κ3) is 55.3. The van der Waals surface area contributed by atoms with Crippen molar-refractivity contribution in [2.45, 2.75) is 277 Å². The minimum Gasteiger partial charge on any atom is -0.756 e. The predicted octanol–water partition coefficient (Wildman–Crippen LogP) is 17.5. The summed E-state index contributed by atoms with van der Waals surface area (Å²) in [5.41, 5.74) is 0. The molecule has 2 atom stereocenters. The minimum atomic E-state index is -4.65. The van der Waals surface area contributed by atoms with Crippen LogP contribution in [0.4, 0.5) is 0 Å². The first-order valence-electron chi connectivity index (χ1n) is 29.3. The molecule has 0 radical (unpaired) electrons. The topological polar surface area (TPSA) is 111 Å². The number of carbonyl (C=O) groups is 2. The minimum absolute atomic E-state index is 0.0389. The van der Waals surface area contributed by atoms with Gasteiger partial charge < -0.3 is 27.9 Å². The van der Waals surface area contributed by atoms with Crippen LogP contribution in [0.1, 0.15) is 271 Å². The molecule has 0 aliphatic carbocycles. The van der Waals surface area contributed by atoms with E-state index >= 15 is 0 Å². The highest BCUT2D eigenvalue weighted by Crippen LogP contribution is 2.38. The summed E-state index contributed by atoms with van der Waals surface area (Å²) in [6, 6.07) is 0. The van der Waals surface area contributed by atoms with E-state index in [-0.39, 0.29) is 26.1 Å². The third-order valence-electron chi connectivity index (χ3n) is 12.9. The van der Waals surface area contributed by atoms with Crippen LogP contribution in [-0.2, 0) is 32.7 Å².